The lowest BCUT2D eigenvalue weighted by Gasteiger charge is -2.17. The number of rotatable bonds is 3. The van der Waals surface area contributed by atoms with E-state index >= 15 is 0 Å². The number of anilines is 1. The largest absolute Gasteiger partial charge is 0.272 e. The van der Waals surface area contributed by atoms with Crippen LogP contribution in [0, 0.1) is 0 Å². The molecule has 0 saturated carbocycles. The van der Waals surface area contributed by atoms with Gasteiger partial charge in [-0.25, -0.2) is 10.9 Å². The Kier molecular flexibility index (Phi) is 3.99. The third kappa shape index (κ3) is 2.90. The predicted octanol–water partition coefficient (Wildman–Crippen LogP) is 3.87. The molecule has 0 unspecified atom stereocenters. The summed E-state index contributed by atoms with van der Waals surface area (Å²) in [5.74, 6) is 5.71. The maximum Gasteiger partial charge on any atom is 0.272 e. The number of nitrogens with zero attached hydrogens (tertiary/aromatic N) is 1. The quantitative estimate of drug-likeness (QED) is 0.452. The summed E-state index contributed by atoms with van der Waals surface area (Å²) in [4.78, 5) is 12.3. The van der Waals surface area contributed by atoms with Gasteiger partial charge >= 0.3 is 0 Å². The first-order valence-electron chi connectivity index (χ1n) is 7.05. The normalized spacial score (nSPS) is 10.2. The minimum absolute atomic E-state index is 0.229. The van der Waals surface area contributed by atoms with Crippen LogP contribution in [0.25, 0.3) is 11.1 Å². The lowest BCUT2D eigenvalue weighted by molar-refractivity contribution is 0.0987. The van der Waals surface area contributed by atoms with Gasteiger partial charge in [-0.2, -0.15) is 0 Å². The van der Waals surface area contributed by atoms with E-state index < -0.39 is 0 Å². The van der Waals surface area contributed by atoms with Crippen molar-refractivity contribution in [2.45, 2.75) is 0 Å². The van der Waals surface area contributed by atoms with Crippen LogP contribution in [0.4, 0.5) is 5.69 Å². The van der Waals surface area contributed by atoms with Crippen molar-refractivity contribution < 1.29 is 4.79 Å². The summed E-state index contributed by atoms with van der Waals surface area (Å²) in [6.07, 6.45) is 0. The molecule has 0 radical (unpaired) electrons. The standard InChI is InChI=1S/C19H16N2O/c20-21(19(22)17-9-5-2-6-10-17)18-13-11-16(12-14-18)15-7-3-1-4-8-15/h1-14H,20H2. The third-order valence-electron chi connectivity index (χ3n) is 3.49. The molecule has 3 heteroatoms. The van der Waals surface area contributed by atoms with Crippen molar-refractivity contribution in [1.29, 1.82) is 0 Å². The second-order valence-electron chi connectivity index (χ2n) is 4.95. The van der Waals surface area contributed by atoms with Gasteiger partial charge < -0.3 is 0 Å². The molecule has 0 aliphatic heterocycles. The van der Waals surface area contributed by atoms with Gasteiger partial charge in [0.05, 0.1) is 5.69 Å². The molecule has 108 valence electrons. The highest BCUT2D eigenvalue weighted by molar-refractivity contribution is 6.05. The number of benzene rings is 3. The van der Waals surface area contributed by atoms with Gasteiger partial charge in [-0.15, -0.1) is 0 Å². The van der Waals surface area contributed by atoms with E-state index in [4.69, 9.17) is 5.84 Å². The van der Waals surface area contributed by atoms with Gasteiger partial charge in [0.15, 0.2) is 0 Å². The molecule has 0 aromatic heterocycles. The molecule has 22 heavy (non-hydrogen) atoms. The maximum absolute atomic E-state index is 12.3. The van der Waals surface area contributed by atoms with Crippen molar-refractivity contribution in [1.82, 2.24) is 0 Å². The topological polar surface area (TPSA) is 46.3 Å². The Balaban J connectivity index is 1.82. The lowest BCUT2D eigenvalue weighted by atomic mass is 10.1. The van der Waals surface area contributed by atoms with Crippen LogP contribution in [-0.2, 0) is 0 Å². The highest BCUT2D eigenvalue weighted by atomic mass is 16.2. The van der Waals surface area contributed by atoms with Gasteiger partial charge in [-0.05, 0) is 35.4 Å². The van der Waals surface area contributed by atoms with Crippen LogP contribution in [0.5, 0.6) is 0 Å². The minimum Gasteiger partial charge on any atom is -0.267 e. The van der Waals surface area contributed by atoms with Gasteiger partial charge in [0.25, 0.3) is 5.91 Å². The Morgan fingerprint density at radius 2 is 1.18 bits per heavy atom. The molecule has 2 N–H and O–H groups in total. The number of hydrogen-bond acceptors (Lipinski definition) is 2. The number of carbonyl (C=O) groups excluding carboxylic acids is 1. The molecule has 0 aliphatic rings. The molecule has 0 fully saturated rings. The first-order valence-corrected chi connectivity index (χ1v) is 7.05. The molecule has 0 spiro atoms. The second kappa shape index (κ2) is 6.24. The maximum atomic E-state index is 12.3. The molecule has 1 amide bonds. The Morgan fingerprint density at radius 1 is 0.682 bits per heavy atom. The van der Waals surface area contributed by atoms with Gasteiger partial charge in [0.2, 0.25) is 0 Å². The molecular weight excluding hydrogens is 272 g/mol. The summed E-state index contributed by atoms with van der Waals surface area (Å²) in [6.45, 7) is 0. The van der Waals surface area contributed by atoms with Crippen LogP contribution in [0.3, 0.4) is 0 Å². The molecule has 0 atom stereocenters. The highest BCUT2D eigenvalue weighted by Crippen LogP contribution is 2.22. The van der Waals surface area contributed by atoms with Crippen molar-refractivity contribution in [3.8, 4) is 11.1 Å². The first-order chi connectivity index (χ1) is 10.8. The Bertz CT molecular complexity index is 752. The van der Waals surface area contributed by atoms with E-state index in [-0.39, 0.29) is 5.91 Å². The number of amides is 1. The van der Waals surface area contributed by atoms with E-state index in [0.717, 1.165) is 11.1 Å². The fourth-order valence-electron chi connectivity index (χ4n) is 2.28. The van der Waals surface area contributed by atoms with Crippen LogP contribution in [0.2, 0.25) is 0 Å². The van der Waals surface area contributed by atoms with E-state index in [0.29, 0.717) is 11.3 Å². The SMILES string of the molecule is NN(C(=O)c1ccccc1)c1ccc(-c2ccccc2)cc1. The Morgan fingerprint density at radius 3 is 1.77 bits per heavy atom. The lowest BCUT2D eigenvalue weighted by Crippen LogP contribution is -2.37. The van der Waals surface area contributed by atoms with Gasteiger partial charge in [0.1, 0.15) is 0 Å². The zero-order valence-electron chi connectivity index (χ0n) is 12.0. The number of hydrogen-bond donors (Lipinski definition) is 1. The average molecular weight is 288 g/mol. The van der Waals surface area contributed by atoms with Crippen LogP contribution in [-0.4, -0.2) is 5.91 Å². The van der Waals surface area contributed by atoms with Gasteiger partial charge in [0, 0.05) is 5.56 Å². The fraction of sp³-hybridized carbons (Fsp3) is 0. The smallest absolute Gasteiger partial charge is 0.267 e. The molecule has 3 aromatic carbocycles. The number of nitrogens with two attached hydrogens (primary N) is 1. The summed E-state index contributed by atoms with van der Waals surface area (Å²) in [7, 11) is 0. The predicted molar refractivity (Wildman–Crippen MR) is 89.3 cm³/mol. The number of carbonyl (C=O) groups is 1. The summed E-state index contributed by atoms with van der Waals surface area (Å²) < 4.78 is 0. The van der Waals surface area contributed by atoms with Crippen LogP contribution in [0.15, 0.2) is 84.9 Å². The second-order valence-corrected chi connectivity index (χ2v) is 4.95. The summed E-state index contributed by atoms with van der Waals surface area (Å²) in [5.41, 5.74) is 3.45. The molecule has 0 heterocycles. The minimum atomic E-state index is -0.229. The average Bonchev–Trinajstić information content (AvgIpc) is 2.62. The molecular formula is C19H16N2O. The molecule has 3 aromatic rings. The molecule has 3 rings (SSSR count). The zero-order valence-corrected chi connectivity index (χ0v) is 12.0. The summed E-state index contributed by atoms with van der Waals surface area (Å²) >= 11 is 0. The van der Waals surface area contributed by atoms with Crippen LogP contribution in [0.1, 0.15) is 10.4 Å². The Labute approximate surface area is 129 Å². The van der Waals surface area contributed by atoms with E-state index in [1.54, 1.807) is 12.1 Å². The molecule has 0 saturated heterocycles. The molecule has 0 aliphatic carbocycles. The monoisotopic (exact) mass is 288 g/mol. The van der Waals surface area contributed by atoms with Crippen molar-refractivity contribution >= 4 is 11.6 Å². The van der Waals surface area contributed by atoms with E-state index in [1.807, 2.05) is 72.8 Å². The van der Waals surface area contributed by atoms with Gasteiger partial charge in [-0.1, -0.05) is 60.7 Å². The summed E-state index contributed by atoms with van der Waals surface area (Å²) in [5, 5.41) is 1.17. The van der Waals surface area contributed by atoms with Crippen molar-refractivity contribution in [2.24, 2.45) is 5.84 Å². The molecule has 0 bridgehead atoms. The van der Waals surface area contributed by atoms with E-state index in [9.17, 15) is 4.79 Å². The number of hydrazine groups is 1. The van der Waals surface area contributed by atoms with Crippen molar-refractivity contribution in [3.63, 3.8) is 0 Å². The van der Waals surface area contributed by atoms with Crippen molar-refractivity contribution in [2.75, 3.05) is 5.01 Å². The fourth-order valence-corrected chi connectivity index (χ4v) is 2.28. The van der Waals surface area contributed by atoms with Crippen LogP contribution >= 0.6 is 0 Å². The highest BCUT2D eigenvalue weighted by Gasteiger charge is 2.13. The third-order valence-corrected chi connectivity index (χ3v) is 3.49. The zero-order chi connectivity index (χ0) is 15.4. The van der Waals surface area contributed by atoms with Crippen molar-refractivity contribution in [3.05, 3.63) is 90.5 Å². The summed E-state index contributed by atoms with van der Waals surface area (Å²) in [6, 6.07) is 26.7. The van der Waals surface area contributed by atoms with E-state index in [1.165, 1.54) is 5.01 Å². The van der Waals surface area contributed by atoms with Crippen LogP contribution < -0.4 is 10.9 Å². The molecule has 3 nitrogen and oxygen atoms in total. The van der Waals surface area contributed by atoms with Gasteiger partial charge in [-0.3, -0.25) is 4.79 Å². The van der Waals surface area contributed by atoms with E-state index in [2.05, 4.69) is 0 Å². The first kappa shape index (κ1) is 14.0. The Hall–Kier alpha value is -2.91.